The first-order valence-electron chi connectivity index (χ1n) is 5.98. The Hall–Kier alpha value is -1.47. The van der Waals surface area contributed by atoms with Crippen LogP contribution in [0.3, 0.4) is 0 Å². The van der Waals surface area contributed by atoms with Crippen molar-refractivity contribution in [1.29, 1.82) is 0 Å². The molecule has 0 aromatic heterocycles. The van der Waals surface area contributed by atoms with Gasteiger partial charge in [-0.05, 0) is 41.1 Å². The highest BCUT2D eigenvalue weighted by Gasteiger charge is 2.17. The van der Waals surface area contributed by atoms with Crippen LogP contribution in [0, 0.1) is 5.82 Å². The van der Waals surface area contributed by atoms with E-state index in [2.05, 4.69) is 26.6 Å². The Bertz CT molecular complexity index is 497. The van der Waals surface area contributed by atoms with Crippen LogP contribution in [0.4, 0.5) is 4.39 Å². The minimum Gasteiger partial charge on any atom is -0.383 e. The van der Waals surface area contributed by atoms with E-state index in [9.17, 15) is 14.0 Å². The molecule has 0 saturated heterocycles. The third kappa shape index (κ3) is 4.90. The Morgan fingerprint density at radius 1 is 1.45 bits per heavy atom. The molecule has 2 amide bonds. The zero-order valence-electron chi connectivity index (χ0n) is 11.2. The van der Waals surface area contributed by atoms with Crippen LogP contribution in [-0.4, -0.2) is 38.1 Å². The Labute approximate surface area is 125 Å². The van der Waals surface area contributed by atoms with E-state index >= 15 is 0 Å². The van der Waals surface area contributed by atoms with E-state index in [-0.39, 0.29) is 11.5 Å². The molecule has 5 nitrogen and oxygen atoms in total. The summed E-state index contributed by atoms with van der Waals surface area (Å²) in [7, 11) is 1.53. The molecular weight excluding hydrogens is 331 g/mol. The van der Waals surface area contributed by atoms with Gasteiger partial charge in [-0.2, -0.15) is 0 Å². The van der Waals surface area contributed by atoms with E-state index in [1.54, 1.807) is 6.92 Å². The molecule has 0 saturated carbocycles. The third-order valence-corrected chi connectivity index (χ3v) is 3.18. The zero-order chi connectivity index (χ0) is 15.1. The Balaban J connectivity index is 2.58. The standard InChI is InChI=1S/C13H16BrFN2O3/c1-8(12(18)16-5-6-20-2)17-13(19)10-4-3-9(15)7-11(10)14/h3-4,7-8H,5-6H2,1-2H3,(H,16,18)(H,17,19). The number of halogens is 2. The molecule has 2 N–H and O–H groups in total. The lowest BCUT2D eigenvalue weighted by atomic mass is 10.2. The number of carbonyl (C=O) groups is 2. The number of ether oxygens (including phenoxy) is 1. The lowest BCUT2D eigenvalue weighted by molar-refractivity contribution is -0.122. The lowest BCUT2D eigenvalue weighted by Crippen LogP contribution is -2.45. The zero-order valence-corrected chi connectivity index (χ0v) is 12.8. The van der Waals surface area contributed by atoms with Crippen molar-refractivity contribution >= 4 is 27.7 Å². The molecule has 1 atom stereocenters. The van der Waals surface area contributed by atoms with Gasteiger partial charge in [0.15, 0.2) is 0 Å². The van der Waals surface area contributed by atoms with Gasteiger partial charge in [0.25, 0.3) is 5.91 Å². The minimum absolute atomic E-state index is 0.267. The van der Waals surface area contributed by atoms with Crippen molar-refractivity contribution < 1.29 is 18.7 Å². The van der Waals surface area contributed by atoms with Crippen LogP contribution in [0.1, 0.15) is 17.3 Å². The van der Waals surface area contributed by atoms with E-state index in [0.29, 0.717) is 17.6 Å². The molecule has 0 aliphatic rings. The third-order valence-electron chi connectivity index (χ3n) is 2.52. The number of benzene rings is 1. The van der Waals surface area contributed by atoms with Crippen LogP contribution in [-0.2, 0) is 9.53 Å². The van der Waals surface area contributed by atoms with E-state index < -0.39 is 17.8 Å². The number of hydrogen-bond donors (Lipinski definition) is 2. The first-order chi connectivity index (χ1) is 9.45. The summed E-state index contributed by atoms with van der Waals surface area (Å²) in [5.41, 5.74) is 0.267. The van der Waals surface area contributed by atoms with Crippen molar-refractivity contribution in [3.8, 4) is 0 Å². The predicted molar refractivity (Wildman–Crippen MR) is 75.9 cm³/mol. The second kappa shape index (κ2) is 7.96. The average molecular weight is 347 g/mol. The molecule has 0 aliphatic heterocycles. The summed E-state index contributed by atoms with van der Waals surface area (Å²) in [6, 6.07) is 3.03. The summed E-state index contributed by atoms with van der Waals surface area (Å²) in [6.07, 6.45) is 0. The van der Waals surface area contributed by atoms with Gasteiger partial charge in [0.1, 0.15) is 11.9 Å². The Morgan fingerprint density at radius 3 is 2.75 bits per heavy atom. The first kappa shape index (κ1) is 16.6. The maximum atomic E-state index is 12.9. The van der Waals surface area contributed by atoms with E-state index in [1.165, 1.54) is 25.3 Å². The lowest BCUT2D eigenvalue weighted by Gasteiger charge is -2.14. The molecule has 1 rings (SSSR count). The molecule has 20 heavy (non-hydrogen) atoms. The molecule has 1 aromatic rings. The fourth-order valence-corrected chi connectivity index (χ4v) is 1.97. The normalized spacial score (nSPS) is 11.8. The Morgan fingerprint density at radius 2 is 2.15 bits per heavy atom. The van der Waals surface area contributed by atoms with Crippen LogP contribution < -0.4 is 10.6 Å². The summed E-state index contributed by atoms with van der Waals surface area (Å²) in [5.74, 6) is -1.21. The van der Waals surface area contributed by atoms with Crippen molar-refractivity contribution in [2.75, 3.05) is 20.3 Å². The van der Waals surface area contributed by atoms with E-state index in [1.807, 2.05) is 0 Å². The molecule has 0 spiro atoms. The van der Waals surface area contributed by atoms with Gasteiger partial charge < -0.3 is 15.4 Å². The van der Waals surface area contributed by atoms with Crippen molar-refractivity contribution in [3.05, 3.63) is 34.1 Å². The molecule has 110 valence electrons. The highest BCUT2D eigenvalue weighted by atomic mass is 79.9. The highest BCUT2D eigenvalue weighted by molar-refractivity contribution is 9.10. The van der Waals surface area contributed by atoms with E-state index in [4.69, 9.17) is 4.74 Å². The van der Waals surface area contributed by atoms with Crippen LogP contribution in [0.25, 0.3) is 0 Å². The Kier molecular flexibility index (Phi) is 6.60. The minimum atomic E-state index is -0.698. The average Bonchev–Trinajstić information content (AvgIpc) is 2.38. The monoisotopic (exact) mass is 346 g/mol. The fourth-order valence-electron chi connectivity index (χ4n) is 1.44. The number of methoxy groups -OCH3 is 1. The molecule has 0 fully saturated rings. The predicted octanol–water partition coefficient (Wildman–Crippen LogP) is 1.47. The highest BCUT2D eigenvalue weighted by Crippen LogP contribution is 2.17. The van der Waals surface area contributed by atoms with Crippen molar-refractivity contribution in [2.24, 2.45) is 0 Å². The molecular formula is C13H16BrFN2O3. The molecule has 1 unspecified atom stereocenters. The SMILES string of the molecule is COCCNC(=O)C(C)NC(=O)c1ccc(F)cc1Br. The van der Waals surface area contributed by atoms with Gasteiger partial charge in [-0.25, -0.2) is 4.39 Å². The molecule has 7 heteroatoms. The number of hydrogen-bond acceptors (Lipinski definition) is 3. The van der Waals surface area contributed by atoms with Gasteiger partial charge >= 0.3 is 0 Å². The van der Waals surface area contributed by atoms with Crippen molar-refractivity contribution in [2.45, 2.75) is 13.0 Å². The van der Waals surface area contributed by atoms with Gasteiger partial charge in [-0.3, -0.25) is 9.59 Å². The van der Waals surface area contributed by atoms with Crippen LogP contribution in [0.2, 0.25) is 0 Å². The summed E-state index contributed by atoms with van der Waals surface area (Å²) in [6.45, 7) is 2.34. The number of rotatable bonds is 6. The van der Waals surface area contributed by atoms with Gasteiger partial charge in [-0.15, -0.1) is 0 Å². The molecule has 0 bridgehead atoms. The van der Waals surface area contributed by atoms with Gasteiger partial charge in [0, 0.05) is 18.1 Å². The number of amides is 2. The number of nitrogens with one attached hydrogen (secondary N) is 2. The quantitative estimate of drug-likeness (QED) is 0.766. The summed E-state index contributed by atoms with van der Waals surface area (Å²) >= 11 is 3.11. The maximum absolute atomic E-state index is 12.9. The topological polar surface area (TPSA) is 67.4 Å². The van der Waals surface area contributed by atoms with Gasteiger partial charge in [0.2, 0.25) is 5.91 Å². The molecule has 0 heterocycles. The molecule has 0 radical (unpaired) electrons. The van der Waals surface area contributed by atoms with Crippen LogP contribution >= 0.6 is 15.9 Å². The summed E-state index contributed by atoms with van der Waals surface area (Å²) in [4.78, 5) is 23.6. The smallest absolute Gasteiger partial charge is 0.253 e. The van der Waals surface area contributed by atoms with Crippen LogP contribution in [0.15, 0.2) is 22.7 Å². The van der Waals surface area contributed by atoms with Crippen molar-refractivity contribution in [3.63, 3.8) is 0 Å². The van der Waals surface area contributed by atoms with Crippen LogP contribution in [0.5, 0.6) is 0 Å². The van der Waals surface area contributed by atoms with Gasteiger partial charge in [0.05, 0.1) is 12.2 Å². The fraction of sp³-hybridized carbons (Fsp3) is 0.385. The largest absolute Gasteiger partial charge is 0.383 e. The molecule has 1 aromatic carbocycles. The second-order valence-corrected chi connectivity index (χ2v) is 4.96. The van der Waals surface area contributed by atoms with Crippen molar-refractivity contribution in [1.82, 2.24) is 10.6 Å². The van der Waals surface area contributed by atoms with E-state index in [0.717, 1.165) is 0 Å². The molecule has 0 aliphatic carbocycles. The maximum Gasteiger partial charge on any atom is 0.253 e. The number of carbonyl (C=O) groups excluding carboxylic acids is 2. The summed E-state index contributed by atoms with van der Waals surface area (Å²) in [5, 5.41) is 5.15. The van der Waals surface area contributed by atoms with Gasteiger partial charge in [-0.1, -0.05) is 0 Å². The first-order valence-corrected chi connectivity index (χ1v) is 6.77. The summed E-state index contributed by atoms with van der Waals surface area (Å²) < 4.78 is 18.1. The second-order valence-electron chi connectivity index (χ2n) is 4.10.